The van der Waals surface area contributed by atoms with Crippen molar-refractivity contribution in [2.24, 2.45) is 5.73 Å². The van der Waals surface area contributed by atoms with Crippen molar-refractivity contribution < 1.29 is 37.3 Å². The largest absolute Gasteiger partial charge is 0.467 e. The highest BCUT2D eigenvalue weighted by Crippen LogP contribution is 2.44. The summed E-state index contributed by atoms with van der Waals surface area (Å²) in [5.74, 6) is 1.32. The fourth-order valence-electron chi connectivity index (χ4n) is 6.91. The van der Waals surface area contributed by atoms with Gasteiger partial charge in [0.1, 0.15) is 22.8 Å². The van der Waals surface area contributed by atoms with E-state index in [9.17, 15) is 18.4 Å². The van der Waals surface area contributed by atoms with Crippen molar-refractivity contribution in [1.82, 2.24) is 34.8 Å². The monoisotopic (exact) mass is 1000 g/mol. The molecule has 19 heteroatoms. The zero-order valence-electron chi connectivity index (χ0n) is 39.4. The first-order chi connectivity index (χ1) is 32.2. The fraction of sp³-hybridized carbons (Fsp3) is 0.360. The molecule has 8 rings (SSSR count). The number of amides is 2. The summed E-state index contributed by atoms with van der Waals surface area (Å²) in [5.41, 5.74) is 9.25. The number of ether oxygens (including phenoxy) is 4. The third-order valence-corrected chi connectivity index (χ3v) is 11.1. The Bertz CT molecular complexity index is 2830. The molecule has 2 aromatic heterocycles. The number of rotatable bonds is 11. The Morgan fingerprint density at radius 2 is 1.00 bits per heavy atom. The highest BCUT2D eigenvalue weighted by Gasteiger charge is 2.32. The van der Waals surface area contributed by atoms with Crippen LogP contribution in [-0.4, -0.2) is 72.4 Å². The van der Waals surface area contributed by atoms with Crippen LogP contribution in [0.3, 0.4) is 0 Å². The van der Waals surface area contributed by atoms with Crippen LogP contribution in [-0.2, 0) is 22.6 Å². The van der Waals surface area contributed by atoms with E-state index in [0.717, 1.165) is 36.1 Å². The van der Waals surface area contributed by atoms with E-state index in [4.69, 9.17) is 47.9 Å². The van der Waals surface area contributed by atoms with Crippen LogP contribution in [0.1, 0.15) is 101 Å². The lowest BCUT2D eigenvalue weighted by atomic mass is 10.1. The molecule has 0 radical (unpaired) electrons. The van der Waals surface area contributed by atoms with Crippen LogP contribution >= 0.6 is 35.6 Å². The number of carbonyl (C=O) groups is 2. The average molecular weight is 1010 g/mol. The lowest BCUT2D eigenvalue weighted by Gasteiger charge is -2.28. The maximum atomic E-state index is 14.4. The van der Waals surface area contributed by atoms with Crippen LogP contribution < -0.4 is 15.2 Å². The van der Waals surface area contributed by atoms with E-state index in [0.29, 0.717) is 73.0 Å². The number of benzene rings is 4. The van der Waals surface area contributed by atoms with E-state index < -0.39 is 23.4 Å². The SMILES string of the molecule is COc1nc(-c2ccc(F)c(C3CC3)c2)nc(-c2cc(CN(C(=O)OC(C)(C)C)C(=O)OC(C)(C)C)ccc2Cl)n1.COc1nc(-c2ccc(F)c(C3CC3)c2)nc(-c2cc(CN)ccc2Cl)n1.Cl. The number of hydrogen-bond acceptors (Lipinski definition) is 13. The van der Waals surface area contributed by atoms with Gasteiger partial charge in [0.2, 0.25) is 0 Å². The van der Waals surface area contributed by atoms with E-state index in [-0.39, 0.29) is 60.3 Å². The molecule has 2 heterocycles. The second kappa shape index (κ2) is 21.7. The maximum absolute atomic E-state index is 14.4. The summed E-state index contributed by atoms with van der Waals surface area (Å²) in [5, 5.41) is 0.830. The summed E-state index contributed by atoms with van der Waals surface area (Å²) in [7, 11) is 2.92. The topological polar surface area (TPSA) is 178 Å². The summed E-state index contributed by atoms with van der Waals surface area (Å²) >= 11 is 12.9. The number of carbonyl (C=O) groups excluding carboxylic acids is 2. The van der Waals surface area contributed by atoms with Crippen molar-refractivity contribution in [3.63, 3.8) is 0 Å². The zero-order valence-corrected chi connectivity index (χ0v) is 41.7. The maximum Gasteiger partial charge on any atom is 0.420 e. The van der Waals surface area contributed by atoms with E-state index >= 15 is 0 Å². The lowest BCUT2D eigenvalue weighted by Crippen LogP contribution is -2.43. The predicted octanol–water partition coefficient (Wildman–Crippen LogP) is 12.3. The van der Waals surface area contributed by atoms with Crippen LogP contribution in [0.15, 0.2) is 72.8 Å². The minimum atomic E-state index is -0.852. The Balaban J connectivity index is 0.000000242. The highest BCUT2D eigenvalue weighted by atomic mass is 35.5. The number of halogens is 5. The third-order valence-electron chi connectivity index (χ3n) is 10.5. The summed E-state index contributed by atoms with van der Waals surface area (Å²) in [6, 6.07) is 20.4. The molecule has 2 saturated carbocycles. The molecule has 6 aromatic rings. The van der Waals surface area contributed by atoms with Gasteiger partial charge >= 0.3 is 24.2 Å². The molecular weight excluding hydrogens is 953 g/mol. The van der Waals surface area contributed by atoms with Crippen molar-refractivity contribution in [1.29, 1.82) is 0 Å². The summed E-state index contributed by atoms with van der Waals surface area (Å²) in [4.78, 5) is 53.5. The predicted molar refractivity (Wildman–Crippen MR) is 262 cm³/mol. The van der Waals surface area contributed by atoms with Gasteiger partial charge in [0.25, 0.3) is 0 Å². The van der Waals surface area contributed by atoms with Crippen LogP contribution in [0.2, 0.25) is 10.0 Å². The summed E-state index contributed by atoms with van der Waals surface area (Å²) in [6.45, 7) is 10.5. The lowest BCUT2D eigenvalue weighted by molar-refractivity contribution is -0.000265. The summed E-state index contributed by atoms with van der Waals surface area (Å²) < 4.78 is 50.0. The van der Waals surface area contributed by atoms with Gasteiger partial charge in [0.15, 0.2) is 23.3 Å². The standard InChI is InChI=1S/C30H34ClFN4O5.C20H18ClFN4O.ClH/c1-29(2,3)40-27(37)36(28(38)41-30(4,5)6)16-17-8-12-22(31)21(14-17)25-33-24(34-26(35-25)39-7)19-11-13-23(32)20(15-19)18-9-10-18;1-27-20-25-18(13-5-7-17(22)14(9-13)12-3-4-12)24-19(26-20)15-8-11(10-23)2-6-16(15)21;/h8,11-15,18H,9-10,16H2,1-7H3;2,5-9,12H,3-4,10,23H2,1H3;1H. The Hall–Kier alpha value is -6.07. The molecule has 69 heavy (non-hydrogen) atoms. The third kappa shape index (κ3) is 13.6. The first-order valence-electron chi connectivity index (χ1n) is 21.9. The molecule has 0 bridgehead atoms. The second-order valence-corrected chi connectivity index (χ2v) is 19.2. The zero-order chi connectivity index (χ0) is 49.1. The molecule has 364 valence electrons. The first-order valence-corrected chi connectivity index (χ1v) is 22.7. The van der Waals surface area contributed by atoms with Crippen molar-refractivity contribution >= 4 is 47.8 Å². The summed E-state index contributed by atoms with van der Waals surface area (Å²) in [6.07, 6.45) is 2.20. The Morgan fingerprint density at radius 1 is 0.609 bits per heavy atom. The first kappa shape index (κ1) is 52.3. The Morgan fingerprint density at radius 3 is 1.38 bits per heavy atom. The van der Waals surface area contributed by atoms with Gasteiger partial charge in [-0.25, -0.2) is 33.2 Å². The van der Waals surface area contributed by atoms with E-state index in [1.807, 2.05) is 18.2 Å². The molecule has 0 unspecified atom stereocenters. The molecular formula is C50H53Cl3F2N8O6. The highest BCUT2D eigenvalue weighted by molar-refractivity contribution is 6.33. The van der Waals surface area contributed by atoms with E-state index in [1.54, 1.807) is 84.0 Å². The molecule has 0 atom stereocenters. The quantitative estimate of drug-likeness (QED) is 0.130. The van der Waals surface area contributed by atoms with Gasteiger partial charge in [-0.05, 0) is 162 Å². The molecule has 2 aliphatic rings. The fourth-order valence-corrected chi connectivity index (χ4v) is 7.31. The van der Waals surface area contributed by atoms with Crippen LogP contribution in [0.25, 0.3) is 45.6 Å². The van der Waals surface area contributed by atoms with E-state index in [2.05, 4.69) is 29.9 Å². The normalized spacial score (nSPS) is 13.3. The average Bonchev–Trinajstić information content (AvgIpc) is 4.24. The number of aromatic nitrogens is 6. The number of nitrogens with two attached hydrogens (primary N) is 1. The second-order valence-electron chi connectivity index (χ2n) is 18.3. The number of imide groups is 1. The van der Waals surface area contributed by atoms with Crippen molar-refractivity contribution in [3.8, 4) is 57.6 Å². The molecule has 2 aliphatic carbocycles. The number of nitrogens with zero attached hydrogens (tertiary/aromatic N) is 7. The smallest absolute Gasteiger partial charge is 0.420 e. The molecule has 2 N–H and O–H groups in total. The van der Waals surface area contributed by atoms with Gasteiger partial charge in [0, 0.05) is 28.8 Å². The molecule has 2 amide bonds. The Kier molecular flexibility index (Phi) is 16.5. The van der Waals surface area contributed by atoms with Gasteiger partial charge in [-0.15, -0.1) is 12.4 Å². The van der Waals surface area contributed by atoms with Crippen LogP contribution in [0.5, 0.6) is 12.0 Å². The molecule has 2 fully saturated rings. The van der Waals surface area contributed by atoms with Crippen molar-refractivity contribution in [3.05, 3.63) is 117 Å². The van der Waals surface area contributed by atoms with Gasteiger partial charge in [0.05, 0.1) is 30.8 Å². The van der Waals surface area contributed by atoms with Gasteiger partial charge in [-0.1, -0.05) is 35.3 Å². The molecule has 4 aromatic carbocycles. The van der Waals surface area contributed by atoms with Crippen molar-refractivity contribution in [2.45, 2.75) is 103 Å². The molecule has 0 spiro atoms. The number of hydrogen-bond donors (Lipinski definition) is 1. The van der Waals surface area contributed by atoms with E-state index in [1.165, 1.54) is 26.4 Å². The molecule has 14 nitrogen and oxygen atoms in total. The minimum Gasteiger partial charge on any atom is -0.467 e. The van der Waals surface area contributed by atoms with Crippen LogP contribution in [0.4, 0.5) is 18.4 Å². The van der Waals surface area contributed by atoms with Crippen molar-refractivity contribution in [2.75, 3.05) is 14.2 Å². The van der Waals surface area contributed by atoms with Gasteiger partial charge in [-0.2, -0.15) is 19.9 Å². The number of methoxy groups -OCH3 is 2. The molecule has 0 aliphatic heterocycles. The van der Waals surface area contributed by atoms with Gasteiger partial charge in [-0.3, -0.25) is 0 Å². The minimum absolute atomic E-state index is 0. The molecule has 0 saturated heterocycles. The van der Waals surface area contributed by atoms with Crippen LogP contribution in [0, 0.1) is 11.6 Å². The van der Waals surface area contributed by atoms with Gasteiger partial charge < -0.3 is 24.7 Å². The Labute approximate surface area is 415 Å².